The normalized spacial score (nSPS) is 20.6. The molecule has 1 aliphatic rings. The molecule has 0 aromatic rings. The Labute approximate surface area is 100 Å². The summed E-state index contributed by atoms with van der Waals surface area (Å²) in [5.74, 6) is -1.26. The maximum atomic E-state index is 11.5. The van der Waals surface area contributed by atoms with E-state index in [-0.39, 0.29) is 5.91 Å². The number of carbonyl (C=O) groups is 2. The zero-order valence-electron chi connectivity index (χ0n) is 10.1. The van der Waals surface area contributed by atoms with Crippen molar-refractivity contribution in [1.29, 1.82) is 0 Å². The third-order valence-electron chi connectivity index (χ3n) is 2.79. The summed E-state index contributed by atoms with van der Waals surface area (Å²) in [6, 6.07) is 0. The van der Waals surface area contributed by atoms with Gasteiger partial charge >= 0.3 is 5.97 Å². The molecule has 0 aromatic heterocycles. The van der Waals surface area contributed by atoms with E-state index in [4.69, 9.17) is 14.6 Å². The minimum absolute atomic E-state index is 0.0119. The maximum Gasteiger partial charge on any atom is 0.308 e. The molecule has 1 atom stereocenters. The predicted octanol–water partition coefficient (Wildman–Crippen LogP) is -0.0274. The molecule has 0 aliphatic carbocycles. The van der Waals surface area contributed by atoms with Crippen LogP contribution in [0.15, 0.2) is 0 Å². The molecule has 0 aromatic carbocycles. The second-order valence-electron chi connectivity index (χ2n) is 4.02. The molecule has 17 heavy (non-hydrogen) atoms. The van der Waals surface area contributed by atoms with Gasteiger partial charge in [-0.15, -0.1) is 0 Å². The van der Waals surface area contributed by atoms with E-state index in [1.165, 1.54) is 0 Å². The number of carboxylic acid groups (broad SMARTS) is 1. The molecular formula is C11H19NO5. The number of piperidine rings is 1. The van der Waals surface area contributed by atoms with Gasteiger partial charge in [0.1, 0.15) is 0 Å². The fourth-order valence-electron chi connectivity index (χ4n) is 1.75. The second kappa shape index (κ2) is 7.24. The average molecular weight is 245 g/mol. The molecule has 1 unspecified atom stereocenters. The van der Waals surface area contributed by atoms with Crippen LogP contribution in [0.25, 0.3) is 0 Å². The maximum absolute atomic E-state index is 11.5. The summed E-state index contributed by atoms with van der Waals surface area (Å²) < 4.78 is 10.1. The smallest absolute Gasteiger partial charge is 0.308 e. The Hall–Kier alpha value is -1.14. The number of aliphatic carboxylic acids is 1. The first-order valence-electron chi connectivity index (χ1n) is 5.72. The van der Waals surface area contributed by atoms with Gasteiger partial charge in [0.2, 0.25) is 5.91 Å². The summed E-state index contributed by atoms with van der Waals surface area (Å²) >= 11 is 0. The third-order valence-corrected chi connectivity index (χ3v) is 2.79. The van der Waals surface area contributed by atoms with Crippen molar-refractivity contribution in [3.8, 4) is 0 Å². The molecule has 6 heteroatoms. The van der Waals surface area contributed by atoms with Crippen LogP contribution in [0, 0.1) is 5.92 Å². The van der Waals surface area contributed by atoms with Gasteiger partial charge in [0.25, 0.3) is 0 Å². The highest BCUT2D eigenvalue weighted by atomic mass is 16.5. The molecule has 0 bridgehead atoms. The van der Waals surface area contributed by atoms with Crippen LogP contribution in [0.5, 0.6) is 0 Å². The van der Waals surface area contributed by atoms with E-state index in [2.05, 4.69) is 0 Å². The van der Waals surface area contributed by atoms with Crippen LogP contribution in [0.2, 0.25) is 0 Å². The van der Waals surface area contributed by atoms with Crippen molar-refractivity contribution in [3.63, 3.8) is 0 Å². The van der Waals surface area contributed by atoms with Crippen molar-refractivity contribution in [2.24, 2.45) is 5.92 Å². The monoisotopic (exact) mass is 245 g/mol. The molecule has 1 N–H and O–H groups in total. The Balaban J connectivity index is 2.25. The number of nitrogens with zero attached hydrogens (tertiary/aromatic N) is 1. The summed E-state index contributed by atoms with van der Waals surface area (Å²) in [6.45, 7) is 2.17. The average Bonchev–Trinajstić information content (AvgIpc) is 2.30. The van der Waals surface area contributed by atoms with Gasteiger partial charge in [-0.25, -0.2) is 0 Å². The molecule has 1 heterocycles. The predicted molar refractivity (Wildman–Crippen MR) is 59.6 cm³/mol. The number of hydrogen-bond acceptors (Lipinski definition) is 4. The zero-order valence-corrected chi connectivity index (χ0v) is 10.1. The highest BCUT2D eigenvalue weighted by molar-refractivity contribution is 5.80. The van der Waals surface area contributed by atoms with Crippen molar-refractivity contribution >= 4 is 11.9 Å². The lowest BCUT2D eigenvalue weighted by molar-refractivity contribution is -0.147. The van der Waals surface area contributed by atoms with Crippen LogP contribution in [-0.4, -0.2) is 61.9 Å². The van der Waals surface area contributed by atoms with Crippen LogP contribution in [0.1, 0.15) is 12.8 Å². The summed E-state index contributed by atoms with van der Waals surface area (Å²) in [4.78, 5) is 23.9. The number of carbonyl (C=O) groups excluding carboxylic acids is 1. The Morgan fingerprint density at radius 3 is 2.88 bits per heavy atom. The molecule has 98 valence electrons. The van der Waals surface area contributed by atoms with E-state index in [9.17, 15) is 9.59 Å². The molecule has 0 saturated carbocycles. The van der Waals surface area contributed by atoms with E-state index < -0.39 is 11.9 Å². The molecule has 1 amide bonds. The molecular weight excluding hydrogens is 226 g/mol. The largest absolute Gasteiger partial charge is 0.481 e. The SMILES string of the molecule is COCCOCCN1CC(C(=O)O)CCC1=O. The van der Waals surface area contributed by atoms with Gasteiger partial charge in [-0.2, -0.15) is 0 Å². The van der Waals surface area contributed by atoms with Crippen molar-refractivity contribution < 1.29 is 24.2 Å². The van der Waals surface area contributed by atoms with Crippen molar-refractivity contribution in [2.75, 3.05) is 40.0 Å². The number of ether oxygens (including phenoxy) is 2. The van der Waals surface area contributed by atoms with Crippen LogP contribution in [-0.2, 0) is 19.1 Å². The van der Waals surface area contributed by atoms with Gasteiger partial charge in [0.15, 0.2) is 0 Å². The summed E-state index contributed by atoms with van der Waals surface area (Å²) in [5, 5.41) is 8.90. The fraction of sp³-hybridized carbons (Fsp3) is 0.818. The van der Waals surface area contributed by atoms with Crippen molar-refractivity contribution in [3.05, 3.63) is 0 Å². The summed E-state index contributed by atoms with van der Waals surface area (Å²) in [5.41, 5.74) is 0. The fourth-order valence-corrected chi connectivity index (χ4v) is 1.75. The van der Waals surface area contributed by atoms with Gasteiger partial charge < -0.3 is 19.5 Å². The molecule has 6 nitrogen and oxygen atoms in total. The van der Waals surface area contributed by atoms with Crippen LogP contribution in [0.4, 0.5) is 0 Å². The molecule has 1 aliphatic heterocycles. The van der Waals surface area contributed by atoms with Crippen LogP contribution in [0.3, 0.4) is 0 Å². The van der Waals surface area contributed by atoms with Crippen molar-refractivity contribution in [2.45, 2.75) is 12.8 Å². The minimum atomic E-state index is -0.831. The third kappa shape index (κ3) is 4.70. The topological polar surface area (TPSA) is 76.1 Å². The molecule has 0 spiro atoms. The van der Waals surface area contributed by atoms with Gasteiger partial charge in [0, 0.05) is 26.6 Å². The van der Waals surface area contributed by atoms with Crippen LogP contribution >= 0.6 is 0 Å². The van der Waals surface area contributed by atoms with Gasteiger partial charge in [-0.05, 0) is 6.42 Å². The molecule has 0 radical (unpaired) electrons. The van der Waals surface area contributed by atoms with Gasteiger partial charge in [-0.1, -0.05) is 0 Å². The number of rotatable bonds is 7. The first-order chi connectivity index (χ1) is 8.15. The summed E-state index contributed by atoms with van der Waals surface area (Å²) in [6.07, 6.45) is 0.754. The Kier molecular flexibility index (Phi) is 5.93. The lowest BCUT2D eigenvalue weighted by atomic mass is 9.98. The Morgan fingerprint density at radius 1 is 1.47 bits per heavy atom. The number of likely N-dealkylation sites (tertiary alicyclic amines) is 1. The van der Waals surface area contributed by atoms with E-state index in [1.54, 1.807) is 12.0 Å². The quantitative estimate of drug-likeness (QED) is 0.637. The first kappa shape index (κ1) is 13.9. The zero-order chi connectivity index (χ0) is 12.7. The van der Waals surface area contributed by atoms with E-state index >= 15 is 0 Å². The van der Waals surface area contributed by atoms with Gasteiger partial charge in [-0.3, -0.25) is 9.59 Å². The Bertz CT molecular complexity index is 269. The van der Waals surface area contributed by atoms with E-state index in [1.807, 2.05) is 0 Å². The highest BCUT2D eigenvalue weighted by Crippen LogP contribution is 2.17. The van der Waals surface area contributed by atoms with E-state index in [0.29, 0.717) is 45.8 Å². The first-order valence-corrected chi connectivity index (χ1v) is 5.72. The van der Waals surface area contributed by atoms with E-state index in [0.717, 1.165) is 0 Å². The molecule has 1 saturated heterocycles. The standard InChI is InChI=1S/C11H19NO5/c1-16-6-7-17-5-4-12-8-9(11(14)15)2-3-10(12)13/h9H,2-8H2,1H3,(H,14,15). The van der Waals surface area contributed by atoms with Gasteiger partial charge in [0.05, 0.1) is 25.7 Å². The summed E-state index contributed by atoms with van der Waals surface area (Å²) in [7, 11) is 1.59. The number of methoxy groups -OCH3 is 1. The Morgan fingerprint density at radius 2 is 2.24 bits per heavy atom. The minimum Gasteiger partial charge on any atom is -0.481 e. The van der Waals surface area contributed by atoms with Crippen LogP contribution < -0.4 is 0 Å². The lowest BCUT2D eigenvalue weighted by Gasteiger charge is -2.30. The molecule has 1 fully saturated rings. The van der Waals surface area contributed by atoms with Crippen molar-refractivity contribution in [1.82, 2.24) is 4.90 Å². The molecule has 1 rings (SSSR count). The lowest BCUT2D eigenvalue weighted by Crippen LogP contribution is -2.44. The number of amides is 1. The second-order valence-corrected chi connectivity index (χ2v) is 4.02. The number of hydrogen-bond donors (Lipinski definition) is 1. The number of carboxylic acids is 1. The highest BCUT2D eigenvalue weighted by Gasteiger charge is 2.29.